The molecule has 0 aliphatic carbocycles. The zero-order valence-electron chi connectivity index (χ0n) is 12.9. The molecule has 0 aliphatic heterocycles. The first kappa shape index (κ1) is 17.3. The van der Waals surface area contributed by atoms with Crippen LogP contribution in [0, 0.1) is 19.8 Å². The predicted octanol–water partition coefficient (Wildman–Crippen LogP) is 3.42. The smallest absolute Gasteiger partial charge is 0.126 e. The highest BCUT2D eigenvalue weighted by Gasteiger charge is 2.21. The largest absolute Gasteiger partial charge is 0.493 e. The number of aryl methyl sites for hydroxylation is 1. The molecule has 2 unspecified atom stereocenters. The van der Waals surface area contributed by atoms with Crippen LogP contribution in [0.3, 0.4) is 0 Å². The maximum absolute atomic E-state index is 9.34. The summed E-state index contributed by atoms with van der Waals surface area (Å²) in [6, 6.07) is 1.95. The van der Waals surface area contributed by atoms with Gasteiger partial charge in [-0.3, -0.25) is 0 Å². The van der Waals surface area contributed by atoms with Crippen LogP contribution in [0.15, 0.2) is 6.07 Å². The first-order chi connectivity index (χ1) is 9.46. The Morgan fingerprint density at radius 1 is 1.40 bits per heavy atom. The Balaban J connectivity index is 3.19. The molecular formula is C16H26ClNO2. The quantitative estimate of drug-likeness (QED) is 0.811. The summed E-state index contributed by atoms with van der Waals surface area (Å²) >= 11 is 6.31. The van der Waals surface area contributed by atoms with E-state index in [1.165, 1.54) is 0 Å². The average molecular weight is 300 g/mol. The molecule has 0 aliphatic rings. The second-order valence-corrected chi connectivity index (χ2v) is 5.80. The number of hydrogen-bond acceptors (Lipinski definition) is 3. The third kappa shape index (κ3) is 3.87. The summed E-state index contributed by atoms with van der Waals surface area (Å²) in [5.41, 5.74) is 8.94. The minimum absolute atomic E-state index is 0.109. The van der Waals surface area contributed by atoms with Gasteiger partial charge in [-0.05, 0) is 62.8 Å². The van der Waals surface area contributed by atoms with E-state index in [2.05, 4.69) is 6.92 Å². The van der Waals surface area contributed by atoms with Gasteiger partial charge >= 0.3 is 0 Å². The van der Waals surface area contributed by atoms with Crippen molar-refractivity contribution in [3.8, 4) is 5.75 Å². The number of rotatable bonds is 7. The molecule has 20 heavy (non-hydrogen) atoms. The number of aliphatic hydroxyl groups excluding tert-OH is 1. The Morgan fingerprint density at radius 2 is 2.05 bits per heavy atom. The SMILES string of the molecule is CCOc1c(C)cc(Cl)c(C)c1C(C)CC(CN)CO. The van der Waals surface area contributed by atoms with Crippen LogP contribution in [0.2, 0.25) is 5.02 Å². The van der Waals surface area contributed by atoms with Gasteiger partial charge in [-0.2, -0.15) is 0 Å². The lowest BCUT2D eigenvalue weighted by atomic mass is 9.86. The van der Waals surface area contributed by atoms with E-state index in [1.807, 2.05) is 26.8 Å². The average Bonchev–Trinajstić information content (AvgIpc) is 2.42. The van der Waals surface area contributed by atoms with Crippen LogP contribution < -0.4 is 10.5 Å². The third-order valence-electron chi connectivity index (χ3n) is 3.77. The fourth-order valence-corrected chi connectivity index (χ4v) is 2.93. The van der Waals surface area contributed by atoms with Gasteiger partial charge in [0.1, 0.15) is 5.75 Å². The Labute approximate surface area is 127 Å². The van der Waals surface area contributed by atoms with Gasteiger partial charge < -0.3 is 15.6 Å². The molecule has 0 spiro atoms. The summed E-state index contributed by atoms with van der Waals surface area (Å²) in [5, 5.41) is 10.1. The maximum Gasteiger partial charge on any atom is 0.126 e. The minimum atomic E-state index is 0.109. The van der Waals surface area contributed by atoms with E-state index in [0.29, 0.717) is 13.2 Å². The van der Waals surface area contributed by atoms with Gasteiger partial charge in [-0.25, -0.2) is 0 Å². The predicted molar refractivity (Wildman–Crippen MR) is 84.8 cm³/mol. The van der Waals surface area contributed by atoms with Crippen molar-refractivity contribution in [3.05, 3.63) is 27.8 Å². The number of hydrogen-bond donors (Lipinski definition) is 2. The summed E-state index contributed by atoms with van der Waals surface area (Å²) in [4.78, 5) is 0. The van der Waals surface area contributed by atoms with E-state index in [0.717, 1.165) is 33.9 Å². The molecule has 0 aromatic heterocycles. The zero-order chi connectivity index (χ0) is 15.3. The molecule has 1 rings (SSSR count). The van der Waals surface area contributed by atoms with Crippen molar-refractivity contribution in [1.82, 2.24) is 0 Å². The summed E-state index contributed by atoms with van der Waals surface area (Å²) < 4.78 is 5.82. The van der Waals surface area contributed by atoms with Crippen molar-refractivity contribution >= 4 is 11.6 Å². The highest BCUT2D eigenvalue weighted by molar-refractivity contribution is 6.31. The van der Waals surface area contributed by atoms with E-state index in [1.54, 1.807) is 0 Å². The van der Waals surface area contributed by atoms with Crippen LogP contribution in [0.25, 0.3) is 0 Å². The monoisotopic (exact) mass is 299 g/mol. The van der Waals surface area contributed by atoms with Gasteiger partial charge in [-0.1, -0.05) is 18.5 Å². The number of benzene rings is 1. The van der Waals surface area contributed by atoms with Gasteiger partial charge in [0.15, 0.2) is 0 Å². The number of halogens is 1. The molecule has 0 saturated heterocycles. The second-order valence-electron chi connectivity index (χ2n) is 5.40. The molecule has 3 nitrogen and oxygen atoms in total. The number of nitrogens with two attached hydrogens (primary N) is 1. The molecule has 0 fully saturated rings. The van der Waals surface area contributed by atoms with E-state index in [4.69, 9.17) is 22.1 Å². The van der Waals surface area contributed by atoms with Gasteiger partial charge in [0, 0.05) is 17.2 Å². The minimum Gasteiger partial charge on any atom is -0.493 e. The van der Waals surface area contributed by atoms with Crippen LogP contribution in [0.4, 0.5) is 0 Å². The van der Waals surface area contributed by atoms with Crippen LogP contribution >= 0.6 is 11.6 Å². The standard InChI is InChI=1S/C16H26ClNO2/c1-5-20-16-11(3)7-14(17)12(4)15(16)10(2)6-13(8-18)9-19/h7,10,13,19H,5-6,8-9,18H2,1-4H3. The van der Waals surface area contributed by atoms with E-state index in [-0.39, 0.29) is 18.4 Å². The van der Waals surface area contributed by atoms with Crippen LogP contribution in [0.5, 0.6) is 5.75 Å². The van der Waals surface area contributed by atoms with Gasteiger partial charge in [-0.15, -0.1) is 0 Å². The van der Waals surface area contributed by atoms with E-state index in [9.17, 15) is 5.11 Å². The highest BCUT2D eigenvalue weighted by atomic mass is 35.5. The summed E-state index contributed by atoms with van der Waals surface area (Å²) in [5.74, 6) is 1.28. The first-order valence-corrected chi connectivity index (χ1v) is 7.57. The van der Waals surface area contributed by atoms with Gasteiger partial charge in [0.05, 0.1) is 6.61 Å². The van der Waals surface area contributed by atoms with Crippen molar-refractivity contribution < 1.29 is 9.84 Å². The Kier molecular flexibility index (Phi) is 6.80. The lowest BCUT2D eigenvalue weighted by Crippen LogP contribution is -2.20. The normalized spacial score (nSPS) is 14.2. The topological polar surface area (TPSA) is 55.5 Å². The fraction of sp³-hybridized carbons (Fsp3) is 0.625. The Bertz CT molecular complexity index is 445. The van der Waals surface area contributed by atoms with Crippen molar-refractivity contribution in [2.45, 2.75) is 40.0 Å². The van der Waals surface area contributed by atoms with Gasteiger partial charge in [0.2, 0.25) is 0 Å². The summed E-state index contributed by atoms with van der Waals surface area (Å²) in [6.07, 6.45) is 0.827. The number of aliphatic hydroxyl groups is 1. The van der Waals surface area contributed by atoms with Crippen molar-refractivity contribution in [2.24, 2.45) is 11.7 Å². The fourth-order valence-electron chi connectivity index (χ4n) is 2.67. The Morgan fingerprint density at radius 3 is 2.55 bits per heavy atom. The molecule has 114 valence electrons. The van der Waals surface area contributed by atoms with Crippen LogP contribution in [-0.4, -0.2) is 24.9 Å². The molecule has 0 heterocycles. The third-order valence-corrected chi connectivity index (χ3v) is 4.16. The molecule has 1 aromatic rings. The summed E-state index contributed by atoms with van der Waals surface area (Å²) in [7, 11) is 0. The van der Waals surface area contributed by atoms with E-state index < -0.39 is 0 Å². The Hall–Kier alpha value is -0.770. The molecule has 0 bridgehead atoms. The first-order valence-electron chi connectivity index (χ1n) is 7.19. The van der Waals surface area contributed by atoms with E-state index >= 15 is 0 Å². The van der Waals surface area contributed by atoms with Crippen molar-refractivity contribution in [1.29, 1.82) is 0 Å². The maximum atomic E-state index is 9.34. The molecule has 0 amide bonds. The zero-order valence-corrected chi connectivity index (χ0v) is 13.6. The molecule has 2 atom stereocenters. The van der Waals surface area contributed by atoms with Gasteiger partial charge in [0.25, 0.3) is 0 Å². The number of ether oxygens (including phenoxy) is 1. The van der Waals surface area contributed by atoms with Crippen LogP contribution in [0.1, 0.15) is 42.9 Å². The lowest BCUT2D eigenvalue weighted by Gasteiger charge is -2.24. The second kappa shape index (κ2) is 7.87. The molecule has 0 saturated carbocycles. The highest BCUT2D eigenvalue weighted by Crippen LogP contribution is 2.39. The molecule has 4 heteroatoms. The molecular weight excluding hydrogens is 274 g/mol. The summed E-state index contributed by atoms with van der Waals surface area (Å²) in [6.45, 7) is 9.38. The molecule has 1 aromatic carbocycles. The van der Waals surface area contributed by atoms with Crippen molar-refractivity contribution in [3.63, 3.8) is 0 Å². The molecule has 0 radical (unpaired) electrons. The lowest BCUT2D eigenvalue weighted by molar-refractivity contribution is 0.216. The molecule has 3 N–H and O–H groups in total. The van der Waals surface area contributed by atoms with Crippen molar-refractivity contribution in [2.75, 3.05) is 19.8 Å². The van der Waals surface area contributed by atoms with Crippen LogP contribution in [-0.2, 0) is 0 Å².